The summed E-state index contributed by atoms with van der Waals surface area (Å²) in [6.45, 7) is 5.96. The second-order valence-corrected chi connectivity index (χ2v) is 5.47. The van der Waals surface area contributed by atoms with Crippen molar-refractivity contribution >= 4 is 5.91 Å². The van der Waals surface area contributed by atoms with Crippen LogP contribution in [0.4, 0.5) is 4.39 Å². The Morgan fingerprint density at radius 1 is 1.38 bits per heavy atom. The first-order valence-electron chi connectivity index (χ1n) is 7.31. The minimum Gasteiger partial charge on any atom is -0.478 e. The Hall–Kier alpha value is -1.62. The number of aliphatic hydroxyl groups excluding tert-OH is 1. The molecule has 0 bridgehead atoms. The third-order valence-electron chi connectivity index (χ3n) is 3.02. The molecule has 118 valence electrons. The molecule has 0 spiro atoms. The lowest BCUT2D eigenvalue weighted by molar-refractivity contribution is -0.128. The molecule has 0 heterocycles. The highest BCUT2D eigenvalue weighted by molar-refractivity contribution is 5.81. The van der Waals surface area contributed by atoms with E-state index in [1.54, 1.807) is 19.1 Å². The molecule has 1 aromatic carbocycles. The SMILES string of the molecule is CCC(Oc1ccccc1F)C(=O)NCC(O)CC(C)C. The van der Waals surface area contributed by atoms with E-state index in [0.29, 0.717) is 18.8 Å². The van der Waals surface area contributed by atoms with Gasteiger partial charge in [-0.05, 0) is 30.9 Å². The largest absolute Gasteiger partial charge is 0.478 e. The number of aliphatic hydroxyl groups is 1. The molecule has 1 rings (SSSR count). The second-order valence-electron chi connectivity index (χ2n) is 5.47. The standard InChI is InChI=1S/C16H24FNO3/c1-4-14(21-15-8-6-5-7-13(15)17)16(20)18-10-12(19)9-11(2)3/h5-8,11-12,14,19H,4,9-10H2,1-3H3,(H,18,20). The molecular weight excluding hydrogens is 273 g/mol. The van der Waals surface area contributed by atoms with Crippen molar-refractivity contribution in [2.24, 2.45) is 5.92 Å². The summed E-state index contributed by atoms with van der Waals surface area (Å²) in [6, 6.07) is 5.98. The average molecular weight is 297 g/mol. The third kappa shape index (κ3) is 6.12. The molecule has 0 aliphatic carbocycles. The summed E-state index contributed by atoms with van der Waals surface area (Å²) in [5.74, 6) is -0.428. The predicted molar refractivity (Wildman–Crippen MR) is 79.6 cm³/mol. The lowest BCUT2D eigenvalue weighted by atomic mass is 10.1. The molecular formula is C16H24FNO3. The van der Waals surface area contributed by atoms with Gasteiger partial charge in [0.2, 0.25) is 0 Å². The van der Waals surface area contributed by atoms with Gasteiger partial charge in [-0.3, -0.25) is 4.79 Å². The summed E-state index contributed by atoms with van der Waals surface area (Å²) in [5, 5.41) is 12.4. The average Bonchev–Trinajstić information content (AvgIpc) is 2.43. The molecule has 2 unspecified atom stereocenters. The van der Waals surface area contributed by atoms with Crippen LogP contribution in [0.5, 0.6) is 5.75 Å². The summed E-state index contributed by atoms with van der Waals surface area (Å²) < 4.78 is 18.9. The molecule has 5 heteroatoms. The maximum Gasteiger partial charge on any atom is 0.261 e. The Bertz CT molecular complexity index is 451. The highest BCUT2D eigenvalue weighted by Crippen LogP contribution is 2.18. The van der Waals surface area contributed by atoms with Gasteiger partial charge in [-0.15, -0.1) is 0 Å². The fourth-order valence-electron chi connectivity index (χ4n) is 1.98. The Labute approximate surface area is 125 Å². The van der Waals surface area contributed by atoms with Gasteiger partial charge in [0.1, 0.15) is 0 Å². The zero-order valence-corrected chi connectivity index (χ0v) is 12.8. The molecule has 0 saturated carbocycles. The Morgan fingerprint density at radius 2 is 2.05 bits per heavy atom. The van der Waals surface area contributed by atoms with Crippen molar-refractivity contribution in [1.29, 1.82) is 0 Å². The van der Waals surface area contributed by atoms with E-state index in [-0.39, 0.29) is 18.2 Å². The van der Waals surface area contributed by atoms with Crippen molar-refractivity contribution in [2.75, 3.05) is 6.54 Å². The zero-order valence-electron chi connectivity index (χ0n) is 12.8. The van der Waals surface area contributed by atoms with E-state index in [1.165, 1.54) is 12.1 Å². The number of hydrogen-bond donors (Lipinski definition) is 2. The number of ether oxygens (including phenoxy) is 1. The van der Waals surface area contributed by atoms with Crippen LogP contribution in [0.25, 0.3) is 0 Å². The summed E-state index contributed by atoms with van der Waals surface area (Å²) in [7, 11) is 0. The summed E-state index contributed by atoms with van der Waals surface area (Å²) >= 11 is 0. The number of para-hydroxylation sites is 1. The summed E-state index contributed by atoms with van der Waals surface area (Å²) in [5.41, 5.74) is 0. The Balaban J connectivity index is 2.52. The van der Waals surface area contributed by atoms with E-state index in [2.05, 4.69) is 5.32 Å². The number of hydrogen-bond acceptors (Lipinski definition) is 3. The van der Waals surface area contributed by atoms with Crippen LogP contribution >= 0.6 is 0 Å². The molecule has 0 aromatic heterocycles. The molecule has 4 nitrogen and oxygen atoms in total. The van der Waals surface area contributed by atoms with Crippen LogP contribution in [-0.2, 0) is 4.79 Å². The van der Waals surface area contributed by atoms with Gasteiger partial charge < -0.3 is 15.2 Å². The maximum atomic E-state index is 13.5. The fourth-order valence-corrected chi connectivity index (χ4v) is 1.98. The second kappa shape index (κ2) is 8.62. The van der Waals surface area contributed by atoms with Crippen LogP contribution in [-0.4, -0.2) is 29.8 Å². The van der Waals surface area contributed by atoms with E-state index in [0.717, 1.165) is 0 Å². The number of amides is 1. The van der Waals surface area contributed by atoms with Crippen LogP contribution in [0, 0.1) is 11.7 Å². The minimum atomic E-state index is -0.770. The topological polar surface area (TPSA) is 58.6 Å². The summed E-state index contributed by atoms with van der Waals surface area (Å²) in [6.07, 6.45) is -0.320. The normalized spacial score (nSPS) is 13.8. The van der Waals surface area contributed by atoms with E-state index in [9.17, 15) is 14.3 Å². The van der Waals surface area contributed by atoms with Gasteiger partial charge in [-0.1, -0.05) is 32.9 Å². The molecule has 0 fully saturated rings. The molecule has 2 N–H and O–H groups in total. The van der Waals surface area contributed by atoms with Gasteiger partial charge in [0, 0.05) is 6.54 Å². The number of rotatable bonds is 8. The van der Waals surface area contributed by atoms with Gasteiger partial charge in [0.25, 0.3) is 5.91 Å². The van der Waals surface area contributed by atoms with Gasteiger partial charge in [-0.25, -0.2) is 4.39 Å². The number of carbonyl (C=O) groups is 1. The highest BCUT2D eigenvalue weighted by Gasteiger charge is 2.20. The third-order valence-corrected chi connectivity index (χ3v) is 3.02. The maximum absolute atomic E-state index is 13.5. The first-order chi connectivity index (χ1) is 9.93. The molecule has 0 saturated heterocycles. The smallest absolute Gasteiger partial charge is 0.261 e. The first-order valence-corrected chi connectivity index (χ1v) is 7.31. The van der Waals surface area contributed by atoms with E-state index >= 15 is 0 Å². The van der Waals surface area contributed by atoms with Crippen LogP contribution in [0.2, 0.25) is 0 Å². The van der Waals surface area contributed by atoms with Gasteiger partial charge in [-0.2, -0.15) is 0 Å². The zero-order chi connectivity index (χ0) is 15.8. The van der Waals surface area contributed by atoms with Crippen molar-refractivity contribution in [3.8, 4) is 5.75 Å². The number of carbonyl (C=O) groups excluding carboxylic acids is 1. The van der Waals surface area contributed by atoms with Gasteiger partial charge in [0.05, 0.1) is 6.10 Å². The van der Waals surface area contributed by atoms with Gasteiger partial charge >= 0.3 is 0 Å². The van der Waals surface area contributed by atoms with Crippen molar-refractivity contribution < 1.29 is 19.0 Å². The molecule has 0 radical (unpaired) electrons. The minimum absolute atomic E-state index is 0.0576. The Kier molecular flexibility index (Phi) is 7.15. The number of nitrogens with one attached hydrogen (secondary N) is 1. The predicted octanol–water partition coefficient (Wildman–Crippen LogP) is 2.51. The van der Waals surface area contributed by atoms with Crippen molar-refractivity contribution in [1.82, 2.24) is 5.32 Å². The molecule has 0 aliphatic heterocycles. The van der Waals surface area contributed by atoms with Crippen LogP contribution < -0.4 is 10.1 Å². The van der Waals surface area contributed by atoms with Crippen LogP contribution in [0.3, 0.4) is 0 Å². The lowest BCUT2D eigenvalue weighted by Crippen LogP contribution is -2.41. The van der Waals surface area contributed by atoms with E-state index in [1.807, 2.05) is 13.8 Å². The number of halogens is 1. The molecule has 1 aromatic rings. The van der Waals surface area contributed by atoms with Crippen LogP contribution in [0.15, 0.2) is 24.3 Å². The number of benzene rings is 1. The highest BCUT2D eigenvalue weighted by atomic mass is 19.1. The van der Waals surface area contributed by atoms with Crippen LogP contribution in [0.1, 0.15) is 33.6 Å². The molecule has 2 atom stereocenters. The quantitative estimate of drug-likeness (QED) is 0.775. The fraction of sp³-hybridized carbons (Fsp3) is 0.562. The van der Waals surface area contributed by atoms with Crippen molar-refractivity contribution in [2.45, 2.75) is 45.8 Å². The monoisotopic (exact) mass is 297 g/mol. The molecule has 1 amide bonds. The van der Waals surface area contributed by atoms with Gasteiger partial charge in [0.15, 0.2) is 17.7 Å². The lowest BCUT2D eigenvalue weighted by Gasteiger charge is -2.19. The van der Waals surface area contributed by atoms with Crippen molar-refractivity contribution in [3.63, 3.8) is 0 Å². The summed E-state index contributed by atoms with van der Waals surface area (Å²) in [4.78, 5) is 12.0. The van der Waals surface area contributed by atoms with E-state index in [4.69, 9.17) is 4.74 Å². The first kappa shape index (κ1) is 17.4. The van der Waals surface area contributed by atoms with E-state index < -0.39 is 18.0 Å². The van der Waals surface area contributed by atoms with Crippen molar-refractivity contribution in [3.05, 3.63) is 30.1 Å². The molecule has 21 heavy (non-hydrogen) atoms. The Morgan fingerprint density at radius 3 is 2.62 bits per heavy atom. The molecule has 0 aliphatic rings.